The molecule has 3 rings (SSSR count). The number of rotatable bonds is 3. The number of hydrogen-bond acceptors (Lipinski definition) is 1. The second-order valence-electron chi connectivity index (χ2n) is 5.68. The van der Waals surface area contributed by atoms with Crippen LogP contribution in [0.15, 0.2) is 0 Å². The van der Waals surface area contributed by atoms with Gasteiger partial charge in [0.05, 0.1) is 5.60 Å². The zero-order valence-electron chi connectivity index (χ0n) is 8.66. The van der Waals surface area contributed by atoms with Crippen LogP contribution in [0.1, 0.15) is 39.5 Å². The predicted octanol–water partition coefficient (Wildman–Crippen LogP) is 2.44. The van der Waals surface area contributed by atoms with Gasteiger partial charge in [-0.15, -0.1) is 0 Å². The van der Waals surface area contributed by atoms with E-state index in [4.69, 9.17) is 0 Å². The summed E-state index contributed by atoms with van der Waals surface area (Å²) in [6.45, 7) is 4.62. The maximum atomic E-state index is 10.8. The Hall–Kier alpha value is -0.0400. The second kappa shape index (κ2) is 2.31. The minimum Gasteiger partial charge on any atom is -0.389 e. The average Bonchev–Trinajstić information content (AvgIpc) is 2.94. The molecule has 0 amide bonds. The Kier molecular flexibility index (Phi) is 1.47. The van der Waals surface area contributed by atoms with Gasteiger partial charge in [-0.3, -0.25) is 0 Å². The van der Waals surface area contributed by atoms with E-state index < -0.39 is 0 Å². The first-order valence-electron chi connectivity index (χ1n) is 5.88. The average molecular weight is 180 g/mol. The molecule has 0 aromatic heterocycles. The summed E-state index contributed by atoms with van der Waals surface area (Å²) in [6.07, 6.45) is 5.18. The molecule has 3 atom stereocenters. The zero-order chi connectivity index (χ0) is 9.22. The van der Waals surface area contributed by atoms with E-state index in [9.17, 15) is 5.11 Å². The number of aliphatic hydroxyl groups is 1. The lowest BCUT2D eigenvalue weighted by molar-refractivity contribution is -0.0338. The van der Waals surface area contributed by atoms with Crippen molar-refractivity contribution < 1.29 is 5.11 Å². The standard InChI is InChI=1S/C12H20O/c1-7-8(2)11(7)12(13,9-3-4-9)10-5-6-10/h7-11,13H,3-6H2,1-2H3/t7-,8+,11?. The Labute approximate surface area is 80.5 Å². The van der Waals surface area contributed by atoms with Crippen LogP contribution in [0.5, 0.6) is 0 Å². The molecule has 1 heteroatoms. The Morgan fingerprint density at radius 3 is 1.54 bits per heavy atom. The second-order valence-corrected chi connectivity index (χ2v) is 5.68. The summed E-state index contributed by atoms with van der Waals surface area (Å²) in [5.41, 5.74) is -0.223. The molecule has 1 N–H and O–H groups in total. The molecule has 0 bridgehead atoms. The van der Waals surface area contributed by atoms with Crippen LogP contribution in [0.3, 0.4) is 0 Å². The molecular formula is C12H20O. The molecule has 3 aliphatic rings. The first kappa shape index (κ1) is 8.28. The summed E-state index contributed by atoms with van der Waals surface area (Å²) in [6, 6.07) is 0. The topological polar surface area (TPSA) is 20.2 Å². The van der Waals surface area contributed by atoms with Crippen molar-refractivity contribution in [3.8, 4) is 0 Å². The fraction of sp³-hybridized carbons (Fsp3) is 1.00. The molecule has 3 fully saturated rings. The van der Waals surface area contributed by atoms with Gasteiger partial charge in [0.2, 0.25) is 0 Å². The highest BCUT2D eigenvalue weighted by molar-refractivity contribution is 5.15. The van der Waals surface area contributed by atoms with Crippen molar-refractivity contribution in [2.45, 2.75) is 45.1 Å². The zero-order valence-corrected chi connectivity index (χ0v) is 8.66. The van der Waals surface area contributed by atoms with Gasteiger partial charge in [0.25, 0.3) is 0 Å². The van der Waals surface area contributed by atoms with Crippen molar-refractivity contribution in [3.05, 3.63) is 0 Å². The Bertz CT molecular complexity index is 207. The lowest BCUT2D eigenvalue weighted by atomic mass is 9.85. The van der Waals surface area contributed by atoms with Crippen LogP contribution in [-0.4, -0.2) is 10.7 Å². The molecular weight excluding hydrogens is 160 g/mol. The third-order valence-corrected chi connectivity index (χ3v) is 4.82. The highest BCUT2D eigenvalue weighted by Crippen LogP contribution is 2.65. The van der Waals surface area contributed by atoms with Crippen molar-refractivity contribution in [2.24, 2.45) is 29.6 Å². The van der Waals surface area contributed by atoms with Crippen LogP contribution in [-0.2, 0) is 0 Å². The van der Waals surface area contributed by atoms with E-state index in [1.807, 2.05) is 0 Å². The molecule has 1 unspecified atom stereocenters. The molecule has 3 saturated carbocycles. The molecule has 0 aliphatic heterocycles. The molecule has 13 heavy (non-hydrogen) atoms. The molecule has 74 valence electrons. The monoisotopic (exact) mass is 180 g/mol. The van der Waals surface area contributed by atoms with E-state index in [0.717, 1.165) is 11.8 Å². The summed E-state index contributed by atoms with van der Waals surface area (Å²) in [4.78, 5) is 0. The van der Waals surface area contributed by atoms with Gasteiger partial charge in [0, 0.05) is 0 Å². The van der Waals surface area contributed by atoms with E-state index in [2.05, 4.69) is 13.8 Å². The smallest absolute Gasteiger partial charge is 0.0737 e. The molecule has 0 heterocycles. The van der Waals surface area contributed by atoms with E-state index >= 15 is 0 Å². The molecule has 0 aromatic carbocycles. The molecule has 0 radical (unpaired) electrons. The highest BCUT2D eigenvalue weighted by Gasteiger charge is 2.65. The van der Waals surface area contributed by atoms with Gasteiger partial charge >= 0.3 is 0 Å². The molecule has 0 aromatic rings. The maximum absolute atomic E-state index is 10.8. The highest BCUT2D eigenvalue weighted by atomic mass is 16.3. The minimum atomic E-state index is -0.223. The third kappa shape index (κ3) is 1.03. The van der Waals surface area contributed by atoms with Crippen LogP contribution < -0.4 is 0 Å². The van der Waals surface area contributed by atoms with Gasteiger partial charge in [-0.25, -0.2) is 0 Å². The Balaban J connectivity index is 1.82. The van der Waals surface area contributed by atoms with Gasteiger partial charge in [0.1, 0.15) is 0 Å². The van der Waals surface area contributed by atoms with Gasteiger partial charge < -0.3 is 5.11 Å². The predicted molar refractivity (Wildman–Crippen MR) is 52.2 cm³/mol. The van der Waals surface area contributed by atoms with E-state index in [0.29, 0.717) is 17.8 Å². The van der Waals surface area contributed by atoms with Crippen LogP contribution in [0, 0.1) is 29.6 Å². The maximum Gasteiger partial charge on any atom is 0.0737 e. The largest absolute Gasteiger partial charge is 0.389 e. The van der Waals surface area contributed by atoms with Gasteiger partial charge in [-0.1, -0.05) is 13.8 Å². The van der Waals surface area contributed by atoms with Crippen LogP contribution in [0.4, 0.5) is 0 Å². The SMILES string of the molecule is C[C@@H]1C(C(O)(C2CC2)C2CC2)[C@@H]1C. The quantitative estimate of drug-likeness (QED) is 0.707. The van der Waals surface area contributed by atoms with Crippen LogP contribution in [0.2, 0.25) is 0 Å². The lowest BCUT2D eigenvalue weighted by Crippen LogP contribution is -2.38. The fourth-order valence-electron chi connectivity index (χ4n) is 3.47. The van der Waals surface area contributed by atoms with Crippen molar-refractivity contribution >= 4 is 0 Å². The van der Waals surface area contributed by atoms with E-state index in [1.54, 1.807) is 0 Å². The van der Waals surface area contributed by atoms with E-state index in [-0.39, 0.29) is 5.60 Å². The van der Waals surface area contributed by atoms with Crippen molar-refractivity contribution in [2.75, 3.05) is 0 Å². The van der Waals surface area contributed by atoms with Crippen molar-refractivity contribution in [1.82, 2.24) is 0 Å². The van der Waals surface area contributed by atoms with Crippen molar-refractivity contribution in [1.29, 1.82) is 0 Å². The fourth-order valence-corrected chi connectivity index (χ4v) is 3.47. The summed E-state index contributed by atoms with van der Waals surface area (Å²) < 4.78 is 0. The van der Waals surface area contributed by atoms with Gasteiger partial charge in [0.15, 0.2) is 0 Å². The summed E-state index contributed by atoms with van der Waals surface area (Å²) in [5.74, 6) is 3.57. The van der Waals surface area contributed by atoms with Gasteiger partial charge in [-0.2, -0.15) is 0 Å². The molecule has 0 saturated heterocycles. The summed E-state index contributed by atoms with van der Waals surface area (Å²) in [5, 5.41) is 10.8. The molecule has 0 spiro atoms. The van der Waals surface area contributed by atoms with E-state index in [1.165, 1.54) is 25.7 Å². The molecule has 1 nitrogen and oxygen atoms in total. The number of hydrogen-bond donors (Lipinski definition) is 1. The third-order valence-electron chi connectivity index (χ3n) is 4.82. The molecule has 3 aliphatic carbocycles. The Morgan fingerprint density at radius 1 is 0.923 bits per heavy atom. The summed E-state index contributed by atoms with van der Waals surface area (Å²) in [7, 11) is 0. The first-order chi connectivity index (χ1) is 6.15. The first-order valence-corrected chi connectivity index (χ1v) is 5.88. The normalized spacial score (nSPS) is 45.0. The Morgan fingerprint density at radius 2 is 1.31 bits per heavy atom. The lowest BCUT2D eigenvalue weighted by Gasteiger charge is -2.29. The van der Waals surface area contributed by atoms with Crippen LogP contribution >= 0.6 is 0 Å². The summed E-state index contributed by atoms with van der Waals surface area (Å²) >= 11 is 0. The van der Waals surface area contributed by atoms with Crippen molar-refractivity contribution in [3.63, 3.8) is 0 Å². The minimum absolute atomic E-state index is 0.223. The van der Waals surface area contributed by atoms with Gasteiger partial charge in [-0.05, 0) is 55.3 Å². The van der Waals surface area contributed by atoms with Crippen LogP contribution in [0.25, 0.3) is 0 Å².